The summed E-state index contributed by atoms with van der Waals surface area (Å²) in [6.07, 6.45) is 0.375. The summed E-state index contributed by atoms with van der Waals surface area (Å²) in [5.74, 6) is 0.557. The lowest BCUT2D eigenvalue weighted by Crippen LogP contribution is -2.43. The van der Waals surface area contributed by atoms with E-state index < -0.39 is 6.04 Å². The average molecular weight is 304 g/mol. The predicted molar refractivity (Wildman–Crippen MR) is 80.2 cm³/mol. The van der Waals surface area contributed by atoms with E-state index in [1.807, 2.05) is 11.0 Å². The number of amides is 2. The van der Waals surface area contributed by atoms with Gasteiger partial charge in [-0.1, -0.05) is 0 Å². The second-order valence-corrected chi connectivity index (χ2v) is 5.40. The summed E-state index contributed by atoms with van der Waals surface area (Å²) in [5, 5.41) is 14.6. The lowest BCUT2D eigenvalue weighted by molar-refractivity contribution is -0.122. The van der Waals surface area contributed by atoms with Crippen LogP contribution in [0.5, 0.6) is 0 Å². The molecule has 0 aliphatic carbocycles. The first-order valence-electron chi connectivity index (χ1n) is 7.25. The maximum Gasteiger partial charge on any atom is 0.243 e. The number of nitriles is 1. The maximum absolute atomic E-state index is 12.4. The van der Waals surface area contributed by atoms with Gasteiger partial charge in [0.05, 0.1) is 6.04 Å². The number of hydrogen-bond donors (Lipinski definition) is 2. The third kappa shape index (κ3) is 3.28. The quantitative estimate of drug-likeness (QED) is 0.865. The highest BCUT2D eigenvalue weighted by Crippen LogP contribution is 2.25. The molecular weight excluding hydrogens is 284 g/mol. The minimum absolute atomic E-state index is 0.000779. The zero-order valence-corrected chi connectivity index (χ0v) is 13.0. The van der Waals surface area contributed by atoms with Crippen LogP contribution in [0.15, 0.2) is 4.42 Å². The van der Waals surface area contributed by atoms with Gasteiger partial charge in [0.2, 0.25) is 17.7 Å². The Hall–Kier alpha value is -2.33. The van der Waals surface area contributed by atoms with E-state index >= 15 is 0 Å². The minimum Gasteiger partial charge on any atom is -0.444 e. The lowest BCUT2D eigenvalue weighted by Gasteiger charge is -2.25. The fourth-order valence-electron chi connectivity index (χ4n) is 2.40. The topological polar surface area (TPSA) is 98.4 Å². The van der Waals surface area contributed by atoms with Gasteiger partial charge in [-0.05, 0) is 20.8 Å². The van der Waals surface area contributed by atoms with Crippen molar-refractivity contribution in [2.75, 3.05) is 25.0 Å². The van der Waals surface area contributed by atoms with E-state index in [1.165, 1.54) is 0 Å². The van der Waals surface area contributed by atoms with Crippen LogP contribution in [0, 0.1) is 25.2 Å². The molecule has 1 aliphatic heterocycles. The number of anilines is 1. The summed E-state index contributed by atoms with van der Waals surface area (Å²) in [7, 11) is 0. The van der Waals surface area contributed by atoms with Crippen molar-refractivity contribution in [3.05, 3.63) is 16.9 Å². The Morgan fingerprint density at radius 3 is 2.86 bits per heavy atom. The second kappa shape index (κ2) is 6.62. The third-order valence-corrected chi connectivity index (χ3v) is 4.01. The van der Waals surface area contributed by atoms with Gasteiger partial charge in [0.1, 0.15) is 17.4 Å². The van der Waals surface area contributed by atoms with Crippen LogP contribution >= 0.6 is 0 Å². The molecule has 1 fully saturated rings. The van der Waals surface area contributed by atoms with Gasteiger partial charge in [-0.2, -0.15) is 5.26 Å². The first-order chi connectivity index (χ1) is 10.4. The van der Waals surface area contributed by atoms with E-state index in [0.29, 0.717) is 37.4 Å². The van der Waals surface area contributed by atoms with Gasteiger partial charge >= 0.3 is 0 Å². The van der Waals surface area contributed by atoms with Crippen LogP contribution in [0.4, 0.5) is 5.88 Å². The Bertz CT molecular complexity index is 629. The largest absolute Gasteiger partial charge is 0.444 e. The van der Waals surface area contributed by atoms with Gasteiger partial charge in [-0.25, -0.2) is 0 Å². The van der Waals surface area contributed by atoms with Gasteiger partial charge in [0.25, 0.3) is 0 Å². The molecule has 0 bridgehead atoms. The Balaban J connectivity index is 2.07. The molecule has 1 aliphatic rings. The third-order valence-electron chi connectivity index (χ3n) is 4.01. The molecule has 2 amide bonds. The Labute approximate surface area is 129 Å². The van der Waals surface area contributed by atoms with Gasteiger partial charge in [0.15, 0.2) is 0 Å². The maximum atomic E-state index is 12.4. The van der Waals surface area contributed by atoms with Crippen molar-refractivity contribution in [2.24, 2.45) is 0 Å². The fraction of sp³-hybridized carbons (Fsp3) is 0.533. The van der Waals surface area contributed by atoms with E-state index in [1.54, 1.807) is 20.8 Å². The zero-order valence-electron chi connectivity index (χ0n) is 13.0. The standard InChI is InChI=1S/C15H20N4O3/c1-9-11(3)22-15(12(9)8-16)18-14(21)10(2)19-6-4-13(20)17-5-7-19/h10H,4-7H2,1-3H3,(H,17,20)(H,18,21)/t10-/m0/s1. The normalized spacial score (nSPS) is 17.3. The number of carbonyl (C=O) groups excluding carboxylic acids is 2. The lowest BCUT2D eigenvalue weighted by atomic mass is 10.2. The van der Waals surface area contributed by atoms with E-state index in [4.69, 9.17) is 9.68 Å². The Morgan fingerprint density at radius 1 is 1.45 bits per heavy atom. The second-order valence-electron chi connectivity index (χ2n) is 5.40. The van der Waals surface area contributed by atoms with Crippen molar-refractivity contribution < 1.29 is 14.0 Å². The molecule has 2 N–H and O–H groups in total. The molecule has 7 heteroatoms. The van der Waals surface area contributed by atoms with Crippen LogP contribution in [-0.2, 0) is 9.59 Å². The number of furan rings is 1. The Morgan fingerprint density at radius 2 is 2.18 bits per heavy atom. The van der Waals surface area contributed by atoms with E-state index in [2.05, 4.69) is 10.6 Å². The van der Waals surface area contributed by atoms with Gasteiger partial charge in [-0.15, -0.1) is 0 Å². The highest BCUT2D eigenvalue weighted by molar-refractivity contribution is 5.94. The zero-order chi connectivity index (χ0) is 16.3. The predicted octanol–water partition coefficient (Wildman–Crippen LogP) is 0.917. The van der Waals surface area contributed by atoms with Crippen LogP contribution in [0.25, 0.3) is 0 Å². The van der Waals surface area contributed by atoms with Crippen molar-refractivity contribution >= 4 is 17.7 Å². The van der Waals surface area contributed by atoms with E-state index in [0.717, 1.165) is 5.56 Å². The molecule has 22 heavy (non-hydrogen) atoms. The molecule has 0 aromatic carbocycles. The summed E-state index contributed by atoms with van der Waals surface area (Å²) < 4.78 is 5.45. The number of nitrogens with one attached hydrogen (secondary N) is 2. The summed E-state index contributed by atoms with van der Waals surface area (Å²) in [5.41, 5.74) is 1.08. The van der Waals surface area contributed by atoms with Crippen molar-refractivity contribution in [3.8, 4) is 6.07 Å². The van der Waals surface area contributed by atoms with Crippen molar-refractivity contribution in [2.45, 2.75) is 33.2 Å². The number of nitrogens with zero attached hydrogens (tertiary/aromatic N) is 2. The number of hydrogen-bond acceptors (Lipinski definition) is 5. The Kier molecular flexibility index (Phi) is 4.83. The molecule has 0 radical (unpaired) electrons. The molecule has 1 aromatic rings. The molecule has 2 heterocycles. The number of aryl methyl sites for hydroxylation is 1. The summed E-state index contributed by atoms with van der Waals surface area (Å²) >= 11 is 0. The van der Waals surface area contributed by atoms with Crippen LogP contribution in [0.3, 0.4) is 0 Å². The SMILES string of the molecule is Cc1oc(NC(=O)[C@H](C)N2CCNC(=O)CC2)c(C#N)c1C. The molecule has 1 saturated heterocycles. The molecule has 0 saturated carbocycles. The molecule has 1 atom stereocenters. The average Bonchev–Trinajstić information content (AvgIpc) is 2.65. The molecular formula is C15H20N4O3. The fourth-order valence-corrected chi connectivity index (χ4v) is 2.40. The van der Waals surface area contributed by atoms with Crippen LogP contribution in [0.1, 0.15) is 30.2 Å². The molecule has 118 valence electrons. The molecule has 2 rings (SSSR count). The first kappa shape index (κ1) is 16.0. The number of rotatable bonds is 3. The molecule has 7 nitrogen and oxygen atoms in total. The van der Waals surface area contributed by atoms with Crippen molar-refractivity contribution in [1.82, 2.24) is 10.2 Å². The first-order valence-corrected chi connectivity index (χ1v) is 7.25. The number of carbonyl (C=O) groups is 2. The highest BCUT2D eigenvalue weighted by atomic mass is 16.4. The van der Waals surface area contributed by atoms with Gasteiger partial charge in [-0.3, -0.25) is 19.8 Å². The molecule has 0 spiro atoms. The van der Waals surface area contributed by atoms with Crippen molar-refractivity contribution in [3.63, 3.8) is 0 Å². The monoisotopic (exact) mass is 304 g/mol. The minimum atomic E-state index is -0.412. The highest BCUT2D eigenvalue weighted by Gasteiger charge is 2.26. The molecule has 1 aromatic heterocycles. The van der Waals surface area contributed by atoms with Crippen LogP contribution in [-0.4, -0.2) is 42.4 Å². The van der Waals surface area contributed by atoms with E-state index in [-0.39, 0.29) is 17.7 Å². The molecule has 0 unspecified atom stereocenters. The van der Waals surface area contributed by atoms with Crippen LogP contribution < -0.4 is 10.6 Å². The van der Waals surface area contributed by atoms with E-state index in [9.17, 15) is 9.59 Å². The smallest absolute Gasteiger partial charge is 0.243 e. The van der Waals surface area contributed by atoms with Crippen LogP contribution in [0.2, 0.25) is 0 Å². The van der Waals surface area contributed by atoms with Gasteiger partial charge in [0, 0.05) is 31.6 Å². The summed E-state index contributed by atoms with van der Waals surface area (Å²) in [6, 6.07) is 1.64. The van der Waals surface area contributed by atoms with Crippen molar-refractivity contribution in [1.29, 1.82) is 5.26 Å². The summed E-state index contributed by atoms with van der Waals surface area (Å²) in [6.45, 7) is 6.98. The van der Waals surface area contributed by atoms with Gasteiger partial charge < -0.3 is 9.73 Å². The summed E-state index contributed by atoms with van der Waals surface area (Å²) in [4.78, 5) is 25.6.